The first-order valence-electron chi connectivity index (χ1n) is 4.87. The van der Waals surface area contributed by atoms with Crippen LogP contribution in [0.5, 0.6) is 5.75 Å². The number of phenolic OH excluding ortho intramolecular Hbond substituents is 1. The number of phenols is 1. The highest BCUT2D eigenvalue weighted by molar-refractivity contribution is 5.85. The molecule has 5 heteroatoms. The van der Waals surface area contributed by atoms with Gasteiger partial charge in [0.15, 0.2) is 0 Å². The third-order valence-electron chi connectivity index (χ3n) is 2.07. The fraction of sp³-hybridized carbons (Fsp3) is 0.273. The quantitative estimate of drug-likeness (QED) is 0.660. The Balaban J connectivity index is 2.46. The Morgan fingerprint density at radius 3 is 2.56 bits per heavy atom. The summed E-state index contributed by atoms with van der Waals surface area (Å²) in [5, 5.41) is 14.3. The number of hydrogen-bond acceptors (Lipinski definition) is 3. The van der Waals surface area contributed by atoms with Crippen LogP contribution >= 0.6 is 0 Å². The van der Waals surface area contributed by atoms with Gasteiger partial charge in [0.2, 0.25) is 11.8 Å². The number of carbonyl (C=O) groups is 2. The number of nitrogens with one attached hydrogen (secondary N) is 2. The lowest BCUT2D eigenvalue weighted by Gasteiger charge is -2.05. The van der Waals surface area contributed by atoms with E-state index in [2.05, 4.69) is 10.6 Å². The van der Waals surface area contributed by atoms with Crippen molar-refractivity contribution >= 4 is 11.8 Å². The van der Waals surface area contributed by atoms with Gasteiger partial charge in [-0.3, -0.25) is 9.59 Å². The average Bonchev–Trinajstić information content (AvgIpc) is 2.29. The number of aromatic hydroxyl groups is 1. The van der Waals surface area contributed by atoms with Crippen LogP contribution in [0.15, 0.2) is 24.3 Å². The molecule has 0 aromatic heterocycles. The van der Waals surface area contributed by atoms with Crippen LogP contribution < -0.4 is 10.6 Å². The maximum Gasteiger partial charge on any atom is 0.239 e. The van der Waals surface area contributed by atoms with E-state index < -0.39 is 0 Å². The van der Waals surface area contributed by atoms with Crippen molar-refractivity contribution < 1.29 is 14.7 Å². The largest absolute Gasteiger partial charge is 0.508 e. The third kappa shape index (κ3) is 3.61. The molecule has 0 aliphatic rings. The van der Waals surface area contributed by atoms with Gasteiger partial charge in [-0.15, -0.1) is 0 Å². The number of benzene rings is 1. The molecular formula is C11H14N2O3. The Labute approximate surface area is 93.5 Å². The Hall–Kier alpha value is -2.04. The summed E-state index contributed by atoms with van der Waals surface area (Å²) in [6, 6.07) is 6.60. The third-order valence-corrected chi connectivity index (χ3v) is 2.07. The van der Waals surface area contributed by atoms with Crippen molar-refractivity contribution in [2.24, 2.45) is 0 Å². The topological polar surface area (TPSA) is 78.4 Å². The molecule has 0 heterocycles. The molecule has 0 bridgehead atoms. The SMILES string of the molecule is CNC(=O)CNC(=O)Cc1ccccc1O. The molecule has 0 unspecified atom stereocenters. The van der Waals surface area contributed by atoms with Crippen molar-refractivity contribution in [2.45, 2.75) is 6.42 Å². The molecule has 0 spiro atoms. The van der Waals surface area contributed by atoms with Crippen LogP contribution in [0.1, 0.15) is 5.56 Å². The minimum absolute atomic E-state index is 0.0526. The van der Waals surface area contributed by atoms with E-state index in [0.717, 1.165) is 0 Å². The molecule has 2 amide bonds. The standard InChI is InChI=1S/C11H14N2O3/c1-12-11(16)7-13-10(15)6-8-4-2-3-5-9(8)14/h2-5,14H,6-7H2,1H3,(H,12,16)(H,13,15). The molecule has 3 N–H and O–H groups in total. The second-order valence-electron chi connectivity index (χ2n) is 3.26. The van der Waals surface area contributed by atoms with Crippen molar-refractivity contribution in [3.8, 4) is 5.75 Å². The van der Waals surface area contributed by atoms with E-state index in [9.17, 15) is 14.7 Å². The Bertz CT molecular complexity index is 391. The summed E-state index contributed by atoms with van der Waals surface area (Å²) in [5.74, 6) is -0.478. The van der Waals surface area contributed by atoms with E-state index in [4.69, 9.17) is 0 Å². The van der Waals surface area contributed by atoms with Gasteiger partial charge in [0.1, 0.15) is 5.75 Å². The summed E-state index contributed by atoms with van der Waals surface area (Å²) in [4.78, 5) is 22.2. The van der Waals surface area contributed by atoms with Gasteiger partial charge >= 0.3 is 0 Å². The molecule has 0 aliphatic heterocycles. The van der Waals surface area contributed by atoms with E-state index in [-0.39, 0.29) is 30.5 Å². The fourth-order valence-electron chi connectivity index (χ4n) is 1.16. The fourth-order valence-corrected chi connectivity index (χ4v) is 1.16. The normalized spacial score (nSPS) is 9.56. The van der Waals surface area contributed by atoms with Crippen molar-refractivity contribution in [1.29, 1.82) is 0 Å². The van der Waals surface area contributed by atoms with E-state index >= 15 is 0 Å². The first-order valence-corrected chi connectivity index (χ1v) is 4.87. The molecule has 0 saturated carbocycles. The minimum Gasteiger partial charge on any atom is -0.508 e. The van der Waals surface area contributed by atoms with Gasteiger partial charge in [-0.1, -0.05) is 18.2 Å². The molecule has 5 nitrogen and oxygen atoms in total. The Morgan fingerprint density at radius 2 is 1.94 bits per heavy atom. The Morgan fingerprint density at radius 1 is 1.25 bits per heavy atom. The van der Waals surface area contributed by atoms with Crippen molar-refractivity contribution in [3.63, 3.8) is 0 Å². The lowest BCUT2D eigenvalue weighted by Crippen LogP contribution is -2.35. The molecular weight excluding hydrogens is 208 g/mol. The number of carbonyl (C=O) groups excluding carboxylic acids is 2. The van der Waals surface area contributed by atoms with E-state index in [1.165, 1.54) is 13.1 Å². The summed E-state index contributed by atoms with van der Waals surface area (Å²) in [6.45, 7) is -0.0526. The highest BCUT2D eigenvalue weighted by atomic mass is 16.3. The number of hydrogen-bond donors (Lipinski definition) is 3. The van der Waals surface area contributed by atoms with E-state index in [1.807, 2.05) is 0 Å². The van der Waals surface area contributed by atoms with Gasteiger partial charge in [0.25, 0.3) is 0 Å². The van der Waals surface area contributed by atoms with Crippen molar-refractivity contribution in [3.05, 3.63) is 29.8 Å². The van der Waals surface area contributed by atoms with Gasteiger partial charge in [-0.2, -0.15) is 0 Å². The average molecular weight is 222 g/mol. The predicted octanol–water partition coefficient (Wildman–Crippen LogP) is -0.203. The zero-order chi connectivity index (χ0) is 12.0. The molecule has 1 aromatic rings. The summed E-state index contributed by atoms with van der Waals surface area (Å²) >= 11 is 0. The smallest absolute Gasteiger partial charge is 0.239 e. The molecule has 16 heavy (non-hydrogen) atoms. The van der Waals surface area contributed by atoms with Crippen LogP contribution in [0.2, 0.25) is 0 Å². The zero-order valence-electron chi connectivity index (χ0n) is 8.99. The van der Waals surface area contributed by atoms with Crippen molar-refractivity contribution in [1.82, 2.24) is 10.6 Å². The number of likely N-dealkylation sites (N-methyl/N-ethyl adjacent to an activating group) is 1. The first-order chi connectivity index (χ1) is 7.63. The van der Waals surface area contributed by atoms with Crippen LogP contribution in [0.3, 0.4) is 0 Å². The predicted molar refractivity (Wildman–Crippen MR) is 58.9 cm³/mol. The lowest BCUT2D eigenvalue weighted by molar-refractivity contribution is -0.125. The van der Waals surface area contributed by atoms with Crippen LogP contribution in [-0.4, -0.2) is 30.5 Å². The summed E-state index contributed by atoms with van der Waals surface area (Å²) in [6.07, 6.45) is 0.0592. The maximum absolute atomic E-state index is 11.4. The minimum atomic E-state index is -0.301. The first kappa shape index (κ1) is 12.0. The second-order valence-corrected chi connectivity index (χ2v) is 3.26. The number of amides is 2. The number of para-hydroxylation sites is 1. The van der Waals surface area contributed by atoms with E-state index in [1.54, 1.807) is 18.2 Å². The van der Waals surface area contributed by atoms with Crippen LogP contribution in [-0.2, 0) is 16.0 Å². The van der Waals surface area contributed by atoms with Gasteiger partial charge in [-0.05, 0) is 6.07 Å². The van der Waals surface area contributed by atoms with Crippen LogP contribution in [0, 0.1) is 0 Å². The molecule has 86 valence electrons. The van der Waals surface area contributed by atoms with Gasteiger partial charge in [0.05, 0.1) is 13.0 Å². The molecule has 1 rings (SSSR count). The van der Waals surface area contributed by atoms with Gasteiger partial charge < -0.3 is 15.7 Å². The van der Waals surface area contributed by atoms with Crippen molar-refractivity contribution in [2.75, 3.05) is 13.6 Å². The zero-order valence-corrected chi connectivity index (χ0v) is 8.99. The second kappa shape index (κ2) is 5.75. The summed E-state index contributed by atoms with van der Waals surface area (Å²) in [5.41, 5.74) is 0.539. The highest BCUT2D eigenvalue weighted by Gasteiger charge is 2.07. The summed E-state index contributed by atoms with van der Waals surface area (Å²) < 4.78 is 0. The monoisotopic (exact) mass is 222 g/mol. The molecule has 0 atom stereocenters. The highest BCUT2D eigenvalue weighted by Crippen LogP contribution is 2.15. The molecule has 0 aliphatic carbocycles. The molecule has 1 aromatic carbocycles. The van der Waals surface area contributed by atoms with Gasteiger partial charge in [0, 0.05) is 12.6 Å². The number of rotatable bonds is 4. The molecule has 0 radical (unpaired) electrons. The van der Waals surface area contributed by atoms with Crippen LogP contribution in [0.4, 0.5) is 0 Å². The Kier molecular flexibility index (Phi) is 4.32. The molecule has 0 fully saturated rings. The molecule has 0 saturated heterocycles. The maximum atomic E-state index is 11.4. The summed E-state index contributed by atoms with van der Waals surface area (Å²) in [7, 11) is 1.50. The lowest BCUT2D eigenvalue weighted by atomic mass is 10.1. The van der Waals surface area contributed by atoms with Gasteiger partial charge in [-0.25, -0.2) is 0 Å². The van der Waals surface area contributed by atoms with Crippen LogP contribution in [0.25, 0.3) is 0 Å². The van der Waals surface area contributed by atoms with E-state index in [0.29, 0.717) is 5.56 Å².